The van der Waals surface area contributed by atoms with Crippen LogP contribution in [0.15, 0.2) is 42.0 Å². The molecule has 1 aliphatic heterocycles. The number of carbonyl (C=O) groups is 3. The summed E-state index contributed by atoms with van der Waals surface area (Å²) in [7, 11) is 0. The zero-order valence-corrected chi connectivity index (χ0v) is 18.7. The van der Waals surface area contributed by atoms with E-state index < -0.39 is 17.8 Å². The second-order valence-corrected chi connectivity index (χ2v) is 7.30. The fourth-order valence-corrected chi connectivity index (χ4v) is 3.61. The van der Waals surface area contributed by atoms with Crippen molar-refractivity contribution in [2.75, 3.05) is 18.1 Å². The summed E-state index contributed by atoms with van der Waals surface area (Å²) in [5.74, 6) is -1.81. The van der Waals surface area contributed by atoms with E-state index in [-0.39, 0.29) is 27.0 Å². The van der Waals surface area contributed by atoms with Crippen molar-refractivity contribution in [3.8, 4) is 11.5 Å². The second kappa shape index (κ2) is 9.80. The minimum Gasteiger partial charge on any atom is -0.490 e. The molecule has 3 rings (SSSR count). The van der Waals surface area contributed by atoms with E-state index in [9.17, 15) is 19.5 Å². The molecule has 10 heteroatoms. The molecule has 166 valence electrons. The highest BCUT2D eigenvalue weighted by Gasteiger charge is 2.34. The fraction of sp³-hybridized carbons (Fsp3) is 0.182. The van der Waals surface area contributed by atoms with Gasteiger partial charge in [-0.05, 0) is 68.0 Å². The smallest absolute Gasteiger partial charge is 0.335 e. The van der Waals surface area contributed by atoms with Gasteiger partial charge < -0.3 is 14.6 Å². The quantitative estimate of drug-likeness (QED) is 0.358. The van der Waals surface area contributed by atoms with Gasteiger partial charge in [-0.15, -0.1) is 0 Å². The number of ether oxygens (including phenoxy) is 2. The number of hydrogen-bond acceptors (Lipinski definition) is 6. The first-order valence-electron chi connectivity index (χ1n) is 9.60. The number of hydrogen-bond donors (Lipinski definition) is 2. The molecule has 8 nitrogen and oxygen atoms in total. The number of amides is 2. The summed E-state index contributed by atoms with van der Waals surface area (Å²) < 4.78 is 11.1. The summed E-state index contributed by atoms with van der Waals surface area (Å²) in [6.45, 7) is 4.35. The highest BCUT2D eigenvalue weighted by molar-refractivity contribution is 7.80. The number of nitrogens with one attached hydrogen (secondary N) is 1. The first kappa shape index (κ1) is 23.2. The SMILES string of the molecule is CCOc1cc(C=C2C(=O)NC(=S)N(c3cccc(C(=O)O)c3)C2=O)cc(Cl)c1OCC. The molecule has 0 unspecified atom stereocenters. The lowest BCUT2D eigenvalue weighted by Crippen LogP contribution is -2.54. The third kappa shape index (κ3) is 4.74. The molecular formula is C22H19ClN2O6S. The van der Waals surface area contributed by atoms with E-state index in [2.05, 4.69) is 5.32 Å². The van der Waals surface area contributed by atoms with E-state index in [0.29, 0.717) is 30.3 Å². The van der Waals surface area contributed by atoms with Crippen LogP contribution in [0.25, 0.3) is 6.08 Å². The molecule has 0 atom stereocenters. The number of carbonyl (C=O) groups excluding carboxylic acids is 2. The van der Waals surface area contributed by atoms with Crippen molar-refractivity contribution in [1.82, 2.24) is 5.32 Å². The summed E-state index contributed by atoms with van der Waals surface area (Å²) in [5, 5.41) is 11.8. The summed E-state index contributed by atoms with van der Waals surface area (Å²) in [6, 6.07) is 8.83. The second-order valence-electron chi connectivity index (χ2n) is 6.51. The van der Waals surface area contributed by atoms with E-state index in [1.54, 1.807) is 19.1 Å². The Labute approximate surface area is 194 Å². The van der Waals surface area contributed by atoms with E-state index >= 15 is 0 Å². The first-order valence-corrected chi connectivity index (χ1v) is 10.4. The van der Waals surface area contributed by atoms with Crippen LogP contribution < -0.4 is 19.7 Å². The number of rotatable bonds is 7. The Balaban J connectivity index is 2.04. The molecular weight excluding hydrogens is 456 g/mol. The molecule has 32 heavy (non-hydrogen) atoms. The lowest BCUT2D eigenvalue weighted by atomic mass is 10.1. The molecule has 2 aromatic rings. The van der Waals surface area contributed by atoms with E-state index in [1.165, 1.54) is 30.3 Å². The summed E-state index contributed by atoms with van der Waals surface area (Å²) in [4.78, 5) is 38.1. The number of thiocarbonyl (C=S) groups is 1. The van der Waals surface area contributed by atoms with Gasteiger partial charge in [0.05, 0.1) is 29.5 Å². The molecule has 2 amide bonds. The van der Waals surface area contributed by atoms with Crippen molar-refractivity contribution in [3.63, 3.8) is 0 Å². The zero-order valence-electron chi connectivity index (χ0n) is 17.2. The maximum absolute atomic E-state index is 13.2. The Morgan fingerprint density at radius 1 is 1.19 bits per heavy atom. The Kier molecular flexibility index (Phi) is 7.12. The minimum absolute atomic E-state index is 0.0276. The van der Waals surface area contributed by atoms with Gasteiger partial charge in [0.1, 0.15) is 5.57 Å². The number of carboxylic acid groups (broad SMARTS) is 1. The van der Waals surface area contributed by atoms with Crippen LogP contribution in [0.2, 0.25) is 5.02 Å². The molecule has 0 aromatic heterocycles. The average Bonchev–Trinajstić information content (AvgIpc) is 2.74. The van der Waals surface area contributed by atoms with Gasteiger partial charge >= 0.3 is 5.97 Å². The molecule has 1 heterocycles. The van der Waals surface area contributed by atoms with Crippen molar-refractivity contribution in [1.29, 1.82) is 0 Å². The Morgan fingerprint density at radius 2 is 1.91 bits per heavy atom. The monoisotopic (exact) mass is 474 g/mol. The van der Waals surface area contributed by atoms with Crippen LogP contribution >= 0.6 is 23.8 Å². The fourth-order valence-electron chi connectivity index (χ4n) is 3.06. The van der Waals surface area contributed by atoms with Gasteiger partial charge in [-0.25, -0.2) is 4.79 Å². The van der Waals surface area contributed by atoms with E-state index in [1.807, 2.05) is 6.92 Å². The van der Waals surface area contributed by atoms with Crippen LogP contribution in [-0.2, 0) is 9.59 Å². The van der Waals surface area contributed by atoms with Crippen LogP contribution in [0, 0.1) is 0 Å². The van der Waals surface area contributed by atoms with Gasteiger partial charge in [-0.3, -0.25) is 19.8 Å². The molecule has 1 saturated heterocycles. The third-order valence-electron chi connectivity index (χ3n) is 4.38. The Morgan fingerprint density at radius 3 is 2.56 bits per heavy atom. The van der Waals surface area contributed by atoms with Crippen LogP contribution in [0.5, 0.6) is 11.5 Å². The number of aromatic carboxylic acids is 1. The predicted octanol–water partition coefficient (Wildman–Crippen LogP) is 3.67. The lowest BCUT2D eigenvalue weighted by Gasteiger charge is -2.29. The van der Waals surface area contributed by atoms with Gasteiger partial charge in [0.15, 0.2) is 16.6 Å². The van der Waals surface area contributed by atoms with Crippen molar-refractivity contribution >= 4 is 58.5 Å². The van der Waals surface area contributed by atoms with Crippen LogP contribution in [0.3, 0.4) is 0 Å². The van der Waals surface area contributed by atoms with Crippen LogP contribution in [0.1, 0.15) is 29.8 Å². The maximum Gasteiger partial charge on any atom is 0.335 e. The molecule has 1 fully saturated rings. The normalized spacial score (nSPS) is 15.0. The number of halogens is 1. The molecule has 0 spiro atoms. The lowest BCUT2D eigenvalue weighted by molar-refractivity contribution is -0.122. The van der Waals surface area contributed by atoms with Crippen LogP contribution in [-0.4, -0.2) is 41.2 Å². The maximum atomic E-state index is 13.2. The largest absolute Gasteiger partial charge is 0.490 e. The molecule has 0 aliphatic carbocycles. The molecule has 1 aliphatic rings. The average molecular weight is 475 g/mol. The first-order chi connectivity index (χ1) is 15.3. The number of carboxylic acids is 1. The van der Waals surface area contributed by atoms with Gasteiger partial charge in [0.25, 0.3) is 11.8 Å². The number of anilines is 1. The van der Waals surface area contributed by atoms with E-state index in [0.717, 1.165) is 4.90 Å². The van der Waals surface area contributed by atoms with Crippen molar-refractivity contribution in [2.24, 2.45) is 0 Å². The van der Waals surface area contributed by atoms with Crippen molar-refractivity contribution < 1.29 is 29.0 Å². The summed E-state index contributed by atoms with van der Waals surface area (Å²) >= 11 is 11.5. The Hall–Kier alpha value is -3.43. The minimum atomic E-state index is -1.16. The van der Waals surface area contributed by atoms with Gasteiger partial charge in [-0.2, -0.15) is 0 Å². The number of benzene rings is 2. The molecule has 0 radical (unpaired) electrons. The van der Waals surface area contributed by atoms with Crippen LogP contribution in [0.4, 0.5) is 5.69 Å². The van der Waals surface area contributed by atoms with Crippen molar-refractivity contribution in [2.45, 2.75) is 13.8 Å². The topological polar surface area (TPSA) is 105 Å². The molecule has 0 saturated carbocycles. The molecule has 2 N–H and O–H groups in total. The molecule has 0 bridgehead atoms. The number of nitrogens with zero attached hydrogens (tertiary/aromatic N) is 1. The predicted molar refractivity (Wildman–Crippen MR) is 123 cm³/mol. The standard InChI is InChI=1S/C22H19ClN2O6S/c1-3-30-17-10-12(9-16(23)18(17)31-4-2)8-15-19(26)24-22(32)25(20(15)27)14-7-5-6-13(11-14)21(28)29/h5-11H,3-4H2,1-2H3,(H,28,29)(H,24,26,32). The van der Waals surface area contributed by atoms with Crippen molar-refractivity contribution in [3.05, 3.63) is 58.1 Å². The summed E-state index contributed by atoms with van der Waals surface area (Å²) in [6.07, 6.45) is 1.36. The third-order valence-corrected chi connectivity index (χ3v) is 4.95. The summed E-state index contributed by atoms with van der Waals surface area (Å²) in [5.41, 5.74) is 0.417. The van der Waals surface area contributed by atoms with Gasteiger partial charge in [-0.1, -0.05) is 17.7 Å². The van der Waals surface area contributed by atoms with Gasteiger partial charge in [0, 0.05) is 0 Å². The zero-order chi connectivity index (χ0) is 23.4. The van der Waals surface area contributed by atoms with E-state index in [4.69, 9.17) is 33.3 Å². The Bertz CT molecular complexity index is 1150. The van der Waals surface area contributed by atoms with Gasteiger partial charge in [0.2, 0.25) is 0 Å². The molecule has 2 aromatic carbocycles. The highest BCUT2D eigenvalue weighted by atomic mass is 35.5. The highest BCUT2D eigenvalue weighted by Crippen LogP contribution is 2.37.